The van der Waals surface area contributed by atoms with Gasteiger partial charge in [-0.15, -0.1) is 11.3 Å². The van der Waals surface area contributed by atoms with Gasteiger partial charge < -0.3 is 9.88 Å². The van der Waals surface area contributed by atoms with Gasteiger partial charge in [-0.2, -0.15) is 0 Å². The molecule has 0 aliphatic heterocycles. The van der Waals surface area contributed by atoms with Crippen molar-refractivity contribution in [2.24, 2.45) is 0 Å². The monoisotopic (exact) mass is 341 g/mol. The SMILES string of the molecule is CCCNC(c1ccc(Br)s1)c1nccn1CCC. The Morgan fingerprint density at radius 2 is 2.21 bits per heavy atom. The number of hydrogen-bond acceptors (Lipinski definition) is 3. The van der Waals surface area contributed by atoms with E-state index >= 15 is 0 Å². The number of halogens is 1. The van der Waals surface area contributed by atoms with E-state index in [0.29, 0.717) is 0 Å². The Balaban J connectivity index is 2.28. The smallest absolute Gasteiger partial charge is 0.131 e. The first-order valence-electron chi connectivity index (χ1n) is 6.75. The van der Waals surface area contributed by atoms with Crippen LogP contribution in [-0.2, 0) is 6.54 Å². The molecular weight excluding hydrogens is 322 g/mol. The Labute approximate surface area is 127 Å². The molecule has 0 amide bonds. The highest BCUT2D eigenvalue weighted by Gasteiger charge is 2.19. The van der Waals surface area contributed by atoms with E-state index in [0.717, 1.165) is 31.8 Å². The molecule has 2 heterocycles. The summed E-state index contributed by atoms with van der Waals surface area (Å²) in [5.74, 6) is 1.12. The molecule has 3 nitrogen and oxygen atoms in total. The van der Waals surface area contributed by atoms with Crippen LogP contribution in [0.2, 0.25) is 0 Å². The third kappa shape index (κ3) is 3.68. The van der Waals surface area contributed by atoms with E-state index < -0.39 is 0 Å². The summed E-state index contributed by atoms with van der Waals surface area (Å²) in [7, 11) is 0. The van der Waals surface area contributed by atoms with Crippen molar-refractivity contribution in [3.05, 3.63) is 39.0 Å². The Bertz CT molecular complexity index is 506. The van der Waals surface area contributed by atoms with Gasteiger partial charge >= 0.3 is 0 Å². The summed E-state index contributed by atoms with van der Waals surface area (Å²) >= 11 is 5.32. The van der Waals surface area contributed by atoms with Crippen LogP contribution >= 0.6 is 27.3 Å². The number of nitrogens with zero attached hydrogens (tertiary/aromatic N) is 2. The zero-order valence-electron chi connectivity index (χ0n) is 11.4. The van der Waals surface area contributed by atoms with Crippen LogP contribution in [0.3, 0.4) is 0 Å². The maximum Gasteiger partial charge on any atom is 0.131 e. The van der Waals surface area contributed by atoms with Gasteiger partial charge in [-0.1, -0.05) is 13.8 Å². The molecule has 0 aliphatic rings. The molecule has 1 N–H and O–H groups in total. The Hall–Kier alpha value is -0.650. The summed E-state index contributed by atoms with van der Waals surface area (Å²) in [5.41, 5.74) is 0. The predicted molar refractivity (Wildman–Crippen MR) is 84.7 cm³/mol. The summed E-state index contributed by atoms with van der Waals surface area (Å²) in [5, 5.41) is 3.61. The summed E-state index contributed by atoms with van der Waals surface area (Å²) in [4.78, 5) is 5.87. The lowest BCUT2D eigenvalue weighted by Gasteiger charge is -2.18. The van der Waals surface area contributed by atoms with Gasteiger partial charge in [0.05, 0.1) is 3.79 Å². The second-order valence-electron chi connectivity index (χ2n) is 4.51. The molecule has 1 atom stereocenters. The van der Waals surface area contributed by atoms with Crippen LogP contribution in [0.15, 0.2) is 28.3 Å². The fourth-order valence-electron chi connectivity index (χ4n) is 2.10. The molecule has 0 aliphatic carbocycles. The minimum Gasteiger partial charge on any atom is -0.333 e. The predicted octanol–water partition coefficient (Wildman–Crippen LogP) is 4.21. The summed E-state index contributed by atoms with van der Waals surface area (Å²) < 4.78 is 3.42. The van der Waals surface area contributed by atoms with Crippen LogP contribution < -0.4 is 5.32 Å². The van der Waals surface area contributed by atoms with Gasteiger partial charge in [-0.05, 0) is 47.4 Å². The van der Waals surface area contributed by atoms with Gasteiger partial charge in [0.15, 0.2) is 0 Å². The van der Waals surface area contributed by atoms with E-state index in [2.05, 4.69) is 63.0 Å². The van der Waals surface area contributed by atoms with Gasteiger partial charge in [0.1, 0.15) is 11.9 Å². The second-order valence-corrected chi connectivity index (χ2v) is 7.00. The van der Waals surface area contributed by atoms with Gasteiger partial charge in [-0.25, -0.2) is 4.98 Å². The number of nitrogens with one attached hydrogen (secondary N) is 1. The van der Waals surface area contributed by atoms with Crippen molar-refractivity contribution in [2.45, 2.75) is 39.3 Å². The largest absolute Gasteiger partial charge is 0.333 e. The molecule has 0 saturated heterocycles. The fourth-order valence-corrected chi connectivity index (χ4v) is 3.60. The third-order valence-corrected chi connectivity index (χ3v) is 4.64. The lowest BCUT2D eigenvalue weighted by Crippen LogP contribution is -2.25. The zero-order chi connectivity index (χ0) is 13.7. The minimum absolute atomic E-state index is 0.192. The normalized spacial score (nSPS) is 12.8. The summed E-state index contributed by atoms with van der Waals surface area (Å²) in [6.07, 6.45) is 6.21. The van der Waals surface area contributed by atoms with Crippen LogP contribution in [0.4, 0.5) is 0 Å². The van der Waals surface area contributed by atoms with E-state index in [9.17, 15) is 0 Å². The second kappa shape index (κ2) is 7.22. The first-order valence-corrected chi connectivity index (χ1v) is 8.36. The maximum atomic E-state index is 4.57. The Morgan fingerprint density at radius 1 is 1.37 bits per heavy atom. The van der Waals surface area contributed by atoms with E-state index in [1.807, 2.05) is 6.20 Å². The quantitative estimate of drug-likeness (QED) is 0.817. The number of aromatic nitrogens is 2. The molecule has 0 spiro atoms. The number of aryl methyl sites for hydroxylation is 1. The summed E-state index contributed by atoms with van der Waals surface area (Å²) in [6, 6.07) is 4.47. The average molecular weight is 342 g/mol. The molecule has 0 radical (unpaired) electrons. The maximum absolute atomic E-state index is 4.57. The summed E-state index contributed by atoms with van der Waals surface area (Å²) in [6.45, 7) is 6.40. The lowest BCUT2D eigenvalue weighted by atomic mass is 10.2. The van der Waals surface area contributed by atoms with Crippen LogP contribution in [0.5, 0.6) is 0 Å². The average Bonchev–Trinajstić information content (AvgIpc) is 3.01. The van der Waals surface area contributed by atoms with Crippen molar-refractivity contribution in [1.82, 2.24) is 14.9 Å². The molecule has 1 unspecified atom stereocenters. The van der Waals surface area contributed by atoms with Gasteiger partial charge in [0, 0.05) is 23.8 Å². The number of imidazole rings is 1. The van der Waals surface area contributed by atoms with E-state index in [4.69, 9.17) is 0 Å². The Kier molecular flexibility index (Phi) is 5.60. The minimum atomic E-state index is 0.192. The number of thiophene rings is 1. The molecule has 0 fully saturated rings. The molecule has 104 valence electrons. The molecule has 0 saturated carbocycles. The van der Waals surface area contributed by atoms with E-state index in [1.54, 1.807) is 11.3 Å². The highest BCUT2D eigenvalue weighted by molar-refractivity contribution is 9.11. The van der Waals surface area contributed by atoms with E-state index in [-0.39, 0.29) is 6.04 Å². The van der Waals surface area contributed by atoms with Gasteiger partial charge in [0.2, 0.25) is 0 Å². The zero-order valence-corrected chi connectivity index (χ0v) is 13.8. The van der Waals surface area contributed by atoms with Gasteiger partial charge in [0.25, 0.3) is 0 Å². The number of hydrogen-bond donors (Lipinski definition) is 1. The molecule has 2 aromatic heterocycles. The first kappa shape index (κ1) is 14.8. The molecule has 0 aromatic carbocycles. The van der Waals surface area contributed by atoms with Crippen molar-refractivity contribution in [2.75, 3.05) is 6.54 Å². The van der Waals surface area contributed by atoms with Crippen molar-refractivity contribution < 1.29 is 0 Å². The highest BCUT2D eigenvalue weighted by Crippen LogP contribution is 2.30. The first-order chi connectivity index (χ1) is 9.26. The molecule has 2 aromatic rings. The van der Waals surface area contributed by atoms with E-state index in [1.165, 1.54) is 8.66 Å². The van der Waals surface area contributed by atoms with Crippen LogP contribution in [0.25, 0.3) is 0 Å². The van der Waals surface area contributed by atoms with Crippen molar-refractivity contribution in [3.63, 3.8) is 0 Å². The highest BCUT2D eigenvalue weighted by atomic mass is 79.9. The molecule has 5 heteroatoms. The van der Waals surface area contributed by atoms with Crippen LogP contribution in [0.1, 0.15) is 43.4 Å². The lowest BCUT2D eigenvalue weighted by molar-refractivity contribution is 0.535. The topological polar surface area (TPSA) is 29.9 Å². The Morgan fingerprint density at radius 3 is 2.84 bits per heavy atom. The molecule has 19 heavy (non-hydrogen) atoms. The molecule has 0 bridgehead atoms. The molecular formula is C14H20BrN3S. The van der Waals surface area contributed by atoms with Crippen molar-refractivity contribution in [3.8, 4) is 0 Å². The van der Waals surface area contributed by atoms with Crippen molar-refractivity contribution >= 4 is 27.3 Å². The third-order valence-electron chi connectivity index (χ3n) is 2.95. The molecule has 2 rings (SSSR count). The van der Waals surface area contributed by atoms with Gasteiger partial charge in [-0.3, -0.25) is 0 Å². The standard InChI is InChI=1S/C14H20BrN3S/c1-3-7-16-13(11-5-6-12(15)19-11)14-17-8-10-18(14)9-4-2/h5-6,8,10,13,16H,3-4,7,9H2,1-2H3. The fraction of sp³-hybridized carbons (Fsp3) is 0.500. The van der Waals surface area contributed by atoms with Crippen LogP contribution in [0, 0.1) is 0 Å². The van der Waals surface area contributed by atoms with Crippen molar-refractivity contribution in [1.29, 1.82) is 0 Å². The van der Waals surface area contributed by atoms with Crippen LogP contribution in [-0.4, -0.2) is 16.1 Å². The number of rotatable bonds is 7.